The molecule has 0 radical (unpaired) electrons. The number of hydrogen-bond donors (Lipinski definition) is 4. The number of rotatable bonds is 10. The monoisotopic (exact) mass is 426 g/mol. The molecule has 8 nitrogen and oxygen atoms in total. The highest BCUT2D eigenvalue weighted by molar-refractivity contribution is 5.84. The molecular formula is C23H34N6O2. The number of aryl methyl sites for hydroxylation is 1. The smallest absolute Gasteiger partial charge is 0.226 e. The van der Waals surface area contributed by atoms with E-state index < -0.39 is 5.60 Å². The number of phenolic OH excluding ortho intramolecular Hbond substituents is 1. The highest BCUT2D eigenvalue weighted by atomic mass is 16.3. The number of imidazole rings is 1. The molecule has 0 spiro atoms. The van der Waals surface area contributed by atoms with E-state index in [1.165, 1.54) is 0 Å². The number of nitrogens with one attached hydrogen (secondary N) is 2. The average Bonchev–Trinajstić information content (AvgIpc) is 3.13. The zero-order valence-corrected chi connectivity index (χ0v) is 19.1. The number of nitrogens with zero attached hydrogens (tertiary/aromatic N) is 4. The molecule has 31 heavy (non-hydrogen) atoms. The van der Waals surface area contributed by atoms with Gasteiger partial charge in [-0.25, -0.2) is 4.98 Å². The molecule has 0 saturated heterocycles. The normalized spacial score (nSPS) is 12.0. The van der Waals surface area contributed by atoms with Gasteiger partial charge in [-0.3, -0.25) is 0 Å². The second-order valence-electron chi connectivity index (χ2n) is 8.62. The van der Waals surface area contributed by atoms with Crippen molar-refractivity contribution in [2.75, 3.05) is 17.2 Å². The lowest BCUT2D eigenvalue weighted by molar-refractivity contribution is 0.0748. The van der Waals surface area contributed by atoms with Gasteiger partial charge in [-0.2, -0.15) is 9.97 Å². The minimum absolute atomic E-state index is 0.284. The third kappa shape index (κ3) is 5.44. The van der Waals surface area contributed by atoms with Gasteiger partial charge in [0.2, 0.25) is 5.95 Å². The van der Waals surface area contributed by atoms with E-state index in [4.69, 9.17) is 4.98 Å². The molecule has 0 aliphatic rings. The van der Waals surface area contributed by atoms with Crippen LogP contribution in [0.5, 0.6) is 5.75 Å². The predicted octanol–water partition coefficient (Wildman–Crippen LogP) is 4.39. The molecule has 168 valence electrons. The Morgan fingerprint density at radius 1 is 1.13 bits per heavy atom. The van der Waals surface area contributed by atoms with Crippen molar-refractivity contribution in [1.82, 2.24) is 19.5 Å². The average molecular weight is 427 g/mol. The minimum Gasteiger partial charge on any atom is -0.507 e. The first-order valence-corrected chi connectivity index (χ1v) is 11.0. The Bertz CT molecular complexity index is 1020. The molecule has 0 atom stereocenters. The number of aromatic hydroxyl groups is 1. The van der Waals surface area contributed by atoms with Crippen molar-refractivity contribution in [3.05, 3.63) is 35.7 Å². The summed E-state index contributed by atoms with van der Waals surface area (Å²) >= 11 is 0. The summed E-state index contributed by atoms with van der Waals surface area (Å²) in [6.07, 6.45) is 4.35. The van der Waals surface area contributed by atoms with E-state index in [9.17, 15) is 10.2 Å². The molecule has 0 aliphatic heterocycles. The molecule has 2 aromatic heterocycles. The maximum absolute atomic E-state index is 10.3. The number of aliphatic hydroxyl groups is 1. The molecule has 0 fully saturated rings. The van der Waals surface area contributed by atoms with Crippen molar-refractivity contribution < 1.29 is 10.2 Å². The summed E-state index contributed by atoms with van der Waals surface area (Å²) in [5, 5.41) is 26.9. The van der Waals surface area contributed by atoms with Gasteiger partial charge in [0.05, 0.1) is 11.9 Å². The second kappa shape index (κ2) is 9.51. The molecule has 0 saturated carbocycles. The van der Waals surface area contributed by atoms with Gasteiger partial charge in [-0.05, 0) is 45.6 Å². The lowest BCUT2D eigenvalue weighted by Gasteiger charge is -2.18. The first-order chi connectivity index (χ1) is 14.7. The molecule has 3 aromatic rings. The van der Waals surface area contributed by atoms with Crippen LogP contribution in [-0.4, -0.2) is 41.9 Å². The van der Waals surface area contributed by atoms with Crippen LogP contribution in [0.3, 0.4) is 0 Å². The fourth-order valence-corrected chi connectivity index (χ4v) is 3.59. The Hall–Kier alpha value is -2.87. The standard InChI is InChI=1S/C23H34N6O2/c1-6-17(7-2)29-14-26-18-20(25-13-16-10-8-9-15(3)19(16)30)27-22(28-21(18)29)24-12-11-23(4,5)31/h8-10,14,17,30-31H,6-7,11-13H2,1-5H3,(H2,24,25,27,28). The molecule has 0 unspecified atom stereocenters. The van der Waals surface area contributed by atoms with E-state index in [1.54, 1.807) is 13.8 Å². The Morgan fingerprint density at radius 2 is 1.87 bits per heavy atom. The summed E-state index contributed by atoms with van der Waals surface area (Å²) in [4.78, 5) is 14.0. The summed E-state index contributed by atoms with van der Waals surface area (Å²) in [7, 11) is 0. The maximum Gasteiger partial charge on any atom is 0.226 e. The molecule has 0 bridgehead atoms. The fraction of sp³-hybridized carbons (Fsp3) is 0.522. The Labute approximate surface area is 183 Å². The van der Waals surface area contributed by atoms with E-state index in [-0.39, 0.29) is 5.75 Å². The van der Waals surface area contributed by atoms with E-state index >= 15 is 0 Å². The van der Waals surface area contributed by atoms with Gasteiger partial charge in [-0.15, -0.1) is 0 Å². The van der Waals surface area contributed by atoms with Crippen molar-refractivity contribution >= 4 is 22.9 Å². The van der Waals surface area contributed by atoms with Crippen LogP contribution in [0, 0.1) is 6.92 Å². The third-order valence-corrected chi connectivity index (χ3v) is 5.54. The first kappa shape index (κ1) is 22.8. The van der Waals surface area contributed by atoms with Crippen molar-refractivity contribution in [3.8, 4) is 5.75 Å². The van der Waals surface area contributed by atoms with Crippen molar-refractivity contribution in [3.63, 3.8) is 0 Å². The zero-order valence-electron chi connectivity index (χ0n) is 19.1. The molecule has 3 rings (SSSR count). The molecule has 4 N–H and O–H groups in total. The van der Waals surface area contributed by atoms with E-state index in [0.29, 0.717) is 42.8 Å². The van der Waals surface area contributed by atoms with Gasteiger partial charge < -0.3 is 25.4 Å². The van der Waals surface area contributed by atoms with Gasteiger partial charge in [0.25, 0.3) is 0 Å². The zero-order chi connectivity index (χ0) is 22.6. The van der Waals surface area contributed by atoms with Crippen LogP contribution in [0.25, 0.3) is 11.2 Å². The van der Waals surface area contributed by atoms with Crippen LogP contribution in [0.2, 0.25) is 0 Å². The van der Waals surface area contributed by atoms with Crippen molar-refractivity contribution in [2.45, 2.75) is 72.1 Å². The Morgan fingerprint density at radius 3 is 2.55 bits per heavy atom. The Kier molecular flexibility index (Phi) is 7.00. The van der Waals surface area contributed by atoms with Crippen molar-refractivity contribution in [2.24, 2.45) is 0 Å². The summed E-state index contributed by atoms with van der Waals surface area (Å²) in [5.74, 6) is 1.38. The summed E-state index contributed by atoms with van der Waals surface area (Å²) in [5.41, 5.74) is 2.33. The lowest BCUT2D eigenvalue weighted by atomic mass is 10.1. The summed E-state index contributed by atoms with van der Waals surface area (Å²) in [6, 6.07) is 5.99. The van der Waals surface area contributed by atoms with Gasteiger partial charge in [0, 0.05) is 24.7 Å². The van der Waals surface area contributed by atoms with E-state index in [0.717, 1.165) is 29.6 Å². The number of para-hydroxylation sites is 1. The highest BCUT2D eigenvalue weighted by Crippen LogP contribution is 2.28. The predicted molar refractivity (Wildman–Crippen MR) is 125 cm³/mol. The van der Waals surface area contributed by atoms with Crippen LogP contribution in [0.4, 0.5) is 11.8 Å². The van der Waals surface area contributed by atoms with Crippen LogP contribution in [0.1, 0.15) is 64.1 Å². The van der Waals surface area contributed by atoms with Crippen LogP contribution < -0.4 is 10.6 Å². The molecule has 0 amide bonds. The molecule has 2 heterocycles. The maximum atomic E-state index is 10.3. The first-order valence-electron chi connectivity index (χ1n) is 11.0. The lowest BCUT2D eigenvalue weighted by Crippen LogP contribution is -2.23. The fourth-order valence-electron chi connectivity index (χ4n) is 3.59. The van der Waals surface area contributed by atoms with Crippen molar-refractivity contribution in [1.29, 1.82) is 0 Å². The van der Waals surface area contributed by atoms with Gasteiger partial charge in [0.1, 0.15) is 5.75 Å². The number of aromatic nitrogens is 4. The largest absolute Gasteiger partial charge is 0.507 e. The number of fused-ring (bicyclic) bond motifs is 1. The second-order valence-corrected chi connectivity index (χ2v) is 8.62. The number of hydrogen-bond acceptors (Lipinski definition) is 7. The molecule has 1 aromatic carbocycles. The molecule has 0 aliphatic carbocycles. The number of phenols is 1. The highest BCUT2D eigenvalue weighted by Gasteiger charge is 2.18. The SMILES string of the molecule is CCC(CC)n1cnc2c(NCc3cccc(C)c3O)nc(NCCC(C)(C)O)nc21. The summed E-state index contributed by atoms with van der Waals surface area (Å²) < 4.78 is 2.10. The van der Waals surface area contributed by atoms with Crippen LogP contribution in [-0.2, 0) is 6.54 Å². The Balaban J connectivity index is 1.94. The van der Waals surface area contributed by atoms with Crippen LogP contribution in [0.15, 0.2) is 24.5 Å². The number of anilines is 2. The van der Waals surface area contributed by atoms with Gasteiger partial charge >= 0.3 is 0 Å². The van der Waals surface area contributed by atoms with Gasteiger partial charge in [-0.1, -0.05) is 32.0 Å². The number of benzene rings is 1. The topological polar surface area (TPSA) is 108 Å². The minimum atomic E-state index is -0.766. The van der Waals surface area contributed by atoms with E-state index in [2.05, 4.69) is 39.0 Å². The molecule has 8 heteroatoms. The van der Waals surface area contributed by atoms with Crippen LogP contribution >= 0.6 is 0 Å². The quantitative estimate of drug-likeness (QED) is 0.381. The molecular weight excluding hydrogens is 392 g/mol. The third-order valence-electron chi connectivity index (χ3n) is 5.54. The van der Waals surface area contributed by atoms with E-state index in [1.807, 2.05) is 31.5 Å². The summed E-state index contributed by atoms with van der Waals surface area (Å²) in [6.45, 7) is 10.7. The van der Waals surface area contributed by atoms with Gasteiger partial charge in [0.15, 0.2) is 17.0 Å².